The van der Waals surface area contributed by atoms with Gasteiger partial charge in [-0.1, -0.05) is 0 Å². The Labute approximate surface area is 164 Å². The van der Waals surface area contributed by atoms with Gasteiger partial charge in [-0.15, -0.1) is 5.10 Å². The smallest absolute Gasteiger partial charge is 0.258 e. The molecule has 0 aliphatic rings. The van der Waals surface area contributed by atoms with Crippen LogP contribution in [-0.2, 0) is 6.54 Å². The topological polar surface area (TPSA) is 106 Å². The summed E-state index contributed by atoms with van der Waals surface area (Å²) in [4.78, 5) is 33.9. The van der Waals surface area contributed by atoms with Crippen molar-refractivity contribution >= 4 is 22.9 Å². The van der Waals surface area contributed by atoms with Gasteiger partial charge in [-0.3, -0.25) is 20.0 Å². The highest BCUT2D eigenvalue weighted by Crippen LogP contribution is 2.18. The molecule has 9 heteroatoms. The Morgan fingerprint density at radius 1 is 1.17 bits per heavy atom. The zero-order chi connectivity index (χ0) is 20.5. The van der Waals surface area contributed by atoms with Gasteiger partial charge >= 0.3 is 0 Å². The zero-order valence-corrected chi connectivity index (χ0v) is 15.7. The van der Waals surface area contributed by atoms with E-state index >= 15 is 0 Å². The number of nitrogens with zero attached hydrogens (tertiary/aromatic N) is 4. The van der Waals surface area contributed by atoms with Crippen molar-refractivity contribution in [3.63, 3.8) is 0 Å². The normalized spacial score (nSPS) is 11.0. The number of amides is 1. The molecule has 0 aliphatic carbocycles. The Kier molecular flexibility index (Phi) is 4.63. The molecular formula is C20H17FN6O2. The van der Waals surface area contributed by atoms with Gasteiger partial charge in [0.15, 0.2) is 5.82 Å². The Morgan fingerprint density at radius 3 is 2.66 bits per heavy atom. The molecule has 4 rings (SSSR count). The molecule has 0 saturated heterocycles. The number of pyridine rings is 2. The van der Waals surface area contributed by atoms with E-state index in [0.29, 0.717) is 23.1 Å². The quantitative estimate of drug-likeness (QED) is 0.556. The number of hydrogen-bond acceptors (Lipinski definition) is 5. The van der Waals surface area contributed by atoms with E-state index in [4.69, 9.17) is 0 Å². The molecule has 0 saturated carbocycles. The molecule has 1 aromatic carbocycles. The van der Waals surface area contributed by atoms with Crippen LogP contribution in [0, 0.1) is 12.7 Å². The van der Waals surface area contributed by atoms with Crippen LogP contribution in [0.5, 0.6) is 0 Å². The van der Waals surface area contributed by atoms with Crippen LogP contribution in [0.1, 0.15) is 23.0 Å². The fourth-order valence-corrected chi connectivity index (χ4v) is 2.98. The summed E-state index contributed by atoms with van der Waals surface area (Å²) < 4.78 is 14.9. The maximum absolute atomic E-state index is 13.0. The summed E-state index contributed by atoms with van der Waals surface area (Å²) in [7, 11) is 0. The number of hydrogen-bond donors (Lipinski definition) is 2. The maximum atomic E-state index is 13.0. The van der Waals surface area contributed by atoms with Crippen LogP contribution < -0.4 is 10.7 Å². The van der Waals surface area contributed by atoms with Gasteiger partial charge in [0.1, 0.15) is 11.5 Å². The van der Waals surface area contributed by atoms with Crippen molar-refractivity contribution in [2.75, 3.05) is 5.32 Å². The summed E-state index contributed by atoms with van der Waals surface area (Å²) in [5.41, 5.74) is 1.77. The van der Waals surface area contributed by atoms with Crippen molar-refractivity contribution in [2.24, 2.45) is 0 Å². The molecule has 0 fully saturated rings. The Balaban J connectivity index is 1.69. The highest BCUT2D eigenvalue weighted by atomic mass is 19.1. The number of H-pyrrole nitrogens is 1. The van der Waals surface area contributed by atoms with Crippen molar-refractivity contribution in [3.05, 3.63) is 69.9 Å². The lowest BCUT2D eigenvalue weighted by atomic mass is 10.1. The molecule has 0 radical (unpaired) electrons. The monoisotopic (exact) mass is 392 g/mol. The average Bonchev–Trinajstić information content (AvgIpc) is 3.17. The molecule has 0 unspecified atom stereocenters. The van der Waals surface area contributed by atoms with Crippen molar-refractivity contribution in [2.45, 2.75) is 20.4 Å². The number of halogens is 1. The average molecular weight is 392 g/mol. The van der Waals surface area contributed by atoms with Crippen molar-refractivity contribution < 1.29 is 9.18 Å². The van der Waals surface area contributed by atoms with E-state index in [1.165, 1.54) is 24.3 Å². The van der Waals surface area contributed by atoms with Gasteiger partial charge in [-0.2, -0.15) is 4.98 Å². The van der Waals surface area contributed by atoms with Crippen molar-refractivity contribution in [3.8, 4) is 11.4 Å². The van der Waals surface area contributed by atoms with E-state index in [2.05, 4.69) is 25.5 Å². The van der Waals surface area contributed by atoms with E-state index in [1.54, 1.807) is 18.3 Å². The first-order chi connectivity index (χ1) is 14.0. The third-order valence-corrected chi connectivity index (χ3v) is 4.47. The molecular weight excluding hydrogens is 375 g/mol. The third kappa shape index (κ3) is 3.49. The van der Waals surface area contributed by atoms with Gasteiger partial charge in [-0.05, 0) is 50.2 Å². The first-order valence-electron chi connectivity index (χ1n) is 8.96. The minimum Gasteiger partial charge on any atom is -0.332 e. The highest BCUT2D eigenvalue weighted by molar-refractivity contribution is 6.03. The number of anilines is 1. The van der Waals surface area contributed by atoms with Crippen molar-refractivity contribution in [1.82, 2.24) is 24.7 Å². The van der Waals surface area contributed by atoms with Crippen LogP contribution in [0.3, 0.4) is 0 Å². The maximum Gasteiger partial charge on any atom is 0.258 e. The van der Waals surface area contributed by atoms with Crippen LogP contribution in [0.2, 0.25) is 0 Å². The number of benzene rings is 1. The summed E-state index contributed by atoms with van der Waals surface area (Å²) in [6, 6.07) is 8.62. The molecule has 2 N–H and O–H groups in total. The number of nitrogens with one attached hydrogen (secondary N) is 2. The largest absolute Gasteiger partial charge is 0.332 e. The van der Waals surface area contributed by atoms with Gasteiger partial charge in [0.05, 0.1) is 10.9 Å². The molecule has 4 aromatic rings. The Hall–Kier alpha value is -3.88. The van der Waals surface area contributed by atoms with Crippen LogP contribution in [0.25, 0.3) is 22.4 Å². The molecule has 3 aromatic heterocycles. The van der Waals surface area contributed by atoms with E-state index in [0.717, 1.165) is 5.69 Å². The molecule has 3 heterocycles. The van der Waals surface area contributed by atoms with Gasteiger partial charge in [0, 0.05) is 24.0 Å². The predicted molar refractivity (Wildman–Crippen MR) is 106 cm³/mol. The summed E-state index contributed by atoms with van der Waals surface area (Å²) in [5.74, 6) is -0.678. The second kappa shape index (κ2) is 7.27. The van der Waals surface area contributed by atoms with Crippen LogP contribution in [-0.4, -0.2) is 30.6 Å². The molecule has 146 valence electrons. The van der Waals surface area contributed by atoms with E-state index in [1.807, 2.05) is 18.4 Å². The Morgan fingerprint density at radius 2 is 1.93 bits per heavy atom. The third-order valence-electron chi connectivity index (χ3n) is 4.47. The second-order valence-corrected chi connectivity index (χ2v) is 6.45. The number of carbonyl (C=O) groups is 1. The summed E-state index contributed by atoms with van der Waals surface area (Å²) in [6.45, 7) is 4.43. The lowest BCUT2D eigenvalue weighted by molar-refractivity contribution is 0.102. The zero-order valence-electron chi connectivity index (χ0n) is 15.7. The van der Waals surface area contributed by atoms with Crippen LogP contribution >= 0.6 is 0 Å². The molecule has 0 atom stereocenters. The molecule has 29 heavy (non-hydrogen) atoms. The number of rotatable bonds is 4. The lowest BCUT2D eigenvalue weighted by Crippen LogP contribution is -2.14. The minimum atomic E-state index is -0.486. The standard InChI is InChI=1S/C20H17FN6O2/c1-3-27-10-15(16(28)14-9-4-11(2)22-18(14)27)17-23-20(26-25-17)24-19(29)12-5-7-13(21)8-6-12/h4-10H,3H2,1-2H3,(H2,23,24,25,26,29). The highest BCUT2D eigenvalue weighted by Gasteiger charge is 2.16. The predicted octanol–water partition coefficient (Wildman–Crippen LogP) is 2.90. The van der Waals surface area contributed by atoms with E-state index in [9.17, 15) is 14.0 Å². The number of aromatic nitrogens is 5. The van der Waals surface area contributed by atoms with E-state index in [-0.39, 0.29) is 22.8 Å². The SMILES string of the molecule is CCn1cc(-c2nc(NC(=O)c3ccc(F)cc3)n[nH]2)c(=O)c2ccc(C)nc21. The minimum absolute atomic E-state index is 0.0129. The Bertz CT molecular complexity index is 1280. The van der Waals surface area contributed by atoms with E-state index < -0.39 is 11.7 Å². The fourth-order valence-electron chi connectivity index (χ4n) is 2.98. The first-order valence-corrected chi connectivity index (χ1v) is 8.96. The van der Waals surface area contributed by atoms with Gasteiger partial charge in [0.25, 0.3) is 5.91 Å². The van der Waals surface area contributed by atoms with Gasteiger partial charge in [-0.25, -0.2) is 9.37 Å². The molecule has 0 aliphatic heterocycles. The lowest BCUT2D eigenvalue weighted by Gasteiger charge is -2.10. The first kappa shape index (κ1) is 18.5. The molecule has 0 spiro atoms. The fraction of sp³-hybridized carbons (Fsp3) is 0.150. The van der Waals surface area contributed by atoms with Gasteiger partial charge < -0.3 is 4.57 Å². The molecule has 0 bridgehead atoms. The number of carbonyl (C=O) groups excluding carboxylic acids is 1. The number of aryl methyl sites for hydroxylation is 2. The number of aromatic amines is 1. The summed E-state index contributed by atoms with van der Waals surface area (Å²) in [6.07, 6.45) is 1.67. The van der Waals surface area contributed by atoms with Crippen LogP contribution in [0.15, 0.2) is 47.4 Å². The number of fused-ring (bicyclic) bond motifs is 1. The summed E-state index contributed by atoms with van der Waals surface area (Å²) >= 11 is 0. The molecule has 1 amide bonds. The second-order valence-electron chi connectivity index (χ2n) is 6.45. The van der Waals surface area contributed by atoms with Crippen molar-refractivity contribution in [1.29, 1.82) is 0 Å². The molecule has 8 nitrogen and oxygen atoms in total. The van der Waals surface area contributed by atoms with Crippen LogP contribution in [0.4, 0.5) is 10.3 Å². The summed E-state index contributed by atoms with van der Waals surface area (Å²) in [5, 5.41) is 9.65. The van der Waals surface area contributed by atoms with Gasteiger partial charge in [0.2, 0.25) is 11.4 Å².